The number of guanidine groups is 1. The zero-order valence-corrected chi connectivity index (χ0v) is 13.2. The van der Waals surface area contributed by atoms with Gasteiger partial charge in [0.15, 0.2) is 5.96 Å². The second kappa shape index (κ2) is 7.27. The van der Waals surface area contributed by atoms with Crippen molar-refractivity contribution in [2.24, 2.45) is 10.7 Å². The molecule has 0 heterocycles. The van der Waals surface area contributed by atoms with Gasteiger partial charge >= 0.3 is 0 Å². The van der Waals surface area contributed by atoms with E-state index in [1.54, 1.807) is 12.1 Å². The van der Waals surface area contributed by atoms with Crippen molar-refractivity contribution in [2.45, 2.75) is 32.1 Å². The Morgan fingerprint density at radius 1 is 1.09 bits per heavy atom. The van der Waals surface area contributed by atoms with Crippen LogP contribution in [0.4, 0.5) is 10.1 Å². The maximum absolute atomic E-state index is 13.6. The first-order valence-electron chi connectivity index (χ1n) is 8.15. The predicted octanol–water partition coefficient (Wildman–Crippen LogP) is 3.67. The van der Waals surface area contributed by atoms with Gasteiger partial charge in [0.1, 0.15) is 5.82 Å². The van der Waals surface area contributed by atoms with E-state index in [-0.39, 0.29) is 5.82 Å². The highest BCUT2D eigenvalue weighted by atomic mass is 19.1. The van der Waals surface area contributed by atoms with Crippen LogP contribution in [0.5, 0.6) is 0 Å². The van der Waals surface area contributed by atoms with Crippen LogP contribution in [-0.4, -0.2) is 12.5 Å². The Kier molecular flexibility index (Phi) is 4.91. The summed E-state index contributed by atoms with van der Waals surface area (Å²) in [6.07, 6.45) is 5.23. The Hall–Kier alpha value is -2.36. The first-order valence-corrected chi connectivity index (χ1v) is 8.15. The Labute approximate surface area is 136 Å². The summed E-state index contributed by atoms with van der Waals surface area (Å²) >= 11 is 0. The van der Waals surface area contributed by atoms with Crippen LogP contribution in [0.15, 0.2) is 47.5 Å². The lowest BCUT2D eigenvalue weighted by Crippen LogP contribution is -2.24. The molecule has 3 rings (SSSR count). The molecule has 0 bridgehead atoms. The van der Waals surface area contributed by atoms with Gasteiger partial charge in [0, 0.05) is 12.2 Å². The largest absolute Gasteiger partial charge is 0.370 e. The van der Waals surface area contributed by atoms with E-state index < -0.39 is 0 Å². The van der Waals surface area contributed by atoms with E-state index in [9.17, 15) is 4.39 Å². The standard InChI is InChI=1S/C19H22FN3/c20-17-10-4-2-7-15(17)12-13-22-19(21)23-18-11-5-8-14-6-1-3-9-16(14)18/h2,4-5,7-8,10-11H,1,3,6,9,12-13H2,(H3,21,22,23). The average molecular weight is 311 g/mol. The number of halogens is 1. The highest BCUT2D eigenvalue weighted by Crippen LogP contribution is 2.27. The van der Waals surface area contributed by atoms with Gasteiger partial charge in [0.05, 0.1) is 0 Å². The van der Waals surface area contributed by atoms with Gasteiger partial charge in [0.25, 0.3) is 0 Å². The first-order chi connectivity index (χ1) is 11.2. The Morgan fingerprint density at radius 2 is 1.91 bits per heavy atom. The van der Waals surface area contributed by atoms with Crippen molar-refractivity contribution in [1.29, 1.82) is 0 Å². The molecule has 0 saturated carbocycles. The molecule has 2 aromatic carbocycles. The summed E-state index contributed by atoms with van der Waals surface area (Å²) < 4.78 is 13.6. The van der Waals surface area contributed by atoms with Gasteiger partial charge in [-0.3, -0.25) is 4.99 Å². The minimum Gasteiger partial charge on any atom is -0.370 e. The molecule has 0 spiro atoms. The van der Waals surface area contributed by atoms with Crippen LogP contribution in [0, 0.1) is 5.82 Å². The van der Waals surface area contributed by atoms with E-state index in [1.807, 2.05) is 12.1 Å². The van der Waals surface area contributed by atoms with Crippen LogP contribution in [0.3, 0.4) is 0 Å². The van der Waals surface area contributed by atoms with Crippen molar-refractivity contribution >= 4 is 11.6 Å². The SMILES string of the molecule is NC(=NCCc1ccccc1F)Nc1cccc2c1CCCC2. The quantitative estimate of drug-likeness (QED) is 0.668. The van der Waals surface area contributed by atoms with Crippen LogP contribution in [0.1, 0.15) is 29.5 Å². The number of hydrogen-bond donors (Lipinski definition) is 2. The summed E-state index contributed by atoms with van der Waals surface area (Å²) in [6, 6.07) is 13.1. The van der Waals surface area contributed by atoms with Crippen molar-refractivity contribution in [2.75, 3.05) is 11.9 Å². The molecule has 0 unspecified atom stereocenters. The normalized spacial score (nSPS) is 14.4. The van der Waals surface area contributed by atoms with Gasteiger partial charge in [-0.1, -0.05) is 30.3 Å². The zero-order valence-electron chi connectivity index (χ0n) is 13.2. The molecule has 0 atom stereocenters. The van der Waals surface area contributed by atoms with Crippen molar-refractivity contribution in [3.8, 4) is 0 Å². The monoisotopic (exact) mass is 311 g/mol. The Morgan fingerprint density at radius 3 is 2.78 bits per heavy atom. The minimum atomic E-state index is -0.189. The highest BCUT2D eigenvalue weighted by molar-refractivity contribution is 5.93. The third-order valence-electron chi connectivity index (χ3n) is 4.28. The van der Waals surface area contributed by atoms with E-state index in [0.29, 0.717) is 24.5 Å². The van der Waals surface area contributed by atoms with E-state index in [2.05, 4.69) is 22.4 Å². The molecule has 2 aromatic rings. The number of nitrogens with one attached hydrogen (secondary N) is 1. The molecule has 0 aromatic heterocycles. The minimum absolute atomic E-state index is 0.189. The third kappa shape index (κ3) is 3.89. The van der Waals surface area contributed by atoms with Crippen LogP contribution in [0.25, 0.3) is 0 Å². The van der Waals surface area contributed by atoms with Crippen molar-refractivity contribution < 1.29 is 4.39 Å². The summed E-state index contributed by atoms with van der Waals surface area (Å²) in [6.45, 7) is 0.467. The molecule has 0 fully saturated rings. The fourth-order valence-corrected chi connectivity index (χ4v) is 3.07. The number of aliphatic imine (C=N–C) groups is 1. The molecule has 0 saturated heterocycles. The Balaban J connectivity index is 1.63. The summed E-state index contributed by atoms with van der Waals surface area (Å²) in [5.41, 5.74) is 10.5. The van der Waals surface area contributed by atoms with Gasteiger partial charge in [0.2, 0.25) is 0 Å². The number of nitrogens with zero attached hydrogens (tertiary/aromatic N) is 1. The number of anilines is 1. The maximum atomic E-state index is 13.6. The van der Waals surface area contributed by atoms with Gasteiger partial charge in [-0.25, -0.2) is 4.39 Å². The number of benzene rings is 2. The second-order valence-corrected chi connectivity index (χ2v) is 5.88. The lowest BCUT2D eigenvalue weighted by atomic mass is 9.90. The number of fused-ring (bicyclic) bond motifs is 1. The van der Waals surface area contributed by atoms with E-state index in [1.165, 1.54) is 30.0 Å². The molecule has 3 N–H and O–H groups in total. The van der Waals surface area contributed by atoms with Crippen LogP contribution < -0.4 is 11.1 Å². The molecule has 23 heavy (non-hydrogen) atoms. The summed E-state index contributed by atoms with van der Waals surface area (Å²) in [7, 11) is 0. The lowest BCUT2D eigenvalue weighted by Gasteiger charge is -2.19. The molecule has 0 aliphatic heterocycles. The Bertz CT molecular complexity index is 710. The predicted molar refractivity (Wildman–Crippen MR) is 93.3 cm³/mol. The first kappa shape index (κ1) is 15.5. The zero-order chi connectivity index (χ0) is 16.1. The molecule has 3 nitrogen and oxygen atoms in total. The fourth-order valence-electron chi connectivity index (χ4n) is 3.07. The van der Waals surface area contributed by atoms with Gasteiger partial charge in [-0.2, -0.15) is 0 Å². The number of aryl methyl sites for hydroxylation is 1. The topological polar surface area (TPSA) is 50.4 Å². The molecular weight excluding hydrogens is 289 g/mol. The molecular formula is C19H22FN3. The molecule has 120 valence electrons. The van der Waals surface area contributed by atoms with Crippen LogP contribution >= 0.6 is 0 Å². The maximum Gasteiger partial charge on any atom is 0.193 e. The number of hydrogen-bond acceptors (Lipinski definition) is 1. The van der Waals surface area contributed by atoms with E-state index >= 15 is 0 Å². The van der Waals surface area contributed by atoms with E-state index in [4.69, 9.17) is 5.73 Å². The molecule has 1 aliphatic carbocycles. The van der Waals surface area contributed by atoms with Gasteiger partial charge in [-0.15, -0.1) is 0 Å². The van der Waals surface area contributed by atoms with Crippen LogP contribution in [0.2, 0.25) is 0 Å². The van der Waals surface area contributed by atoms with Crippen molar-refractivity contribution in [3.05, 3.63) is 65.0 Å². The smallest absolute Gasteiger partial charge is 0.193 e. The summed E-state index contributed by atoms with van der Waals surface area (Å²) in [5.74, 6) is 0.201. The molecule has 0 amide bonds. The average Bonchev–Trinajstić information content (AvgIpc) is 2.57. The molecule has 0 radical (unpaired) electrons. The van der Waals surface area contributed by atoms with E-state index in [0.717, 1.165) is 18.5 Å². The molecule has 4 heteroatoms. The van der Waals surface area contributed by atoms with Crippen molar-refractivity contribution in [1.82, 2.24) is 0 Å². The third-order valence-corrected chi connectivity index (χ3v) is 4.28. The summed E-state index contributed by atoms with van der Waals surface area (Å²) in [4.78, 5) is 4.32. The summed E-state index contributed by atoms with van der Waals surface area (Å²) in [5, 5.41) is 3.20. The van der Waals surface area contributed by atoms with Crippen LogP contribution in [-0.2, 0) is 19.3 Å². The lowest BCUT2D eigenvalue weighted by molar-refractivity contribution is 0.609. The highest BCUT2D eigenvalue weighted by Gasteiger charge is 2.13. The number of nitrogens with two attached hydrogens (primary N) is 1. The molecule has 1 aliphatic rings. The van der Waals surface area contributed by atoms with Gasteiger partial charge < -0.3 is 11.1 Å². The fraction of sp³-hybridized carbons (Fsp3) is 0.316. The number of rotatable bonds is 4. The van der Waals surface area contributed by atoms with Crippen molar-refractivity contribution in [3.63, 3.8) is 0 Å². The van der Waals surface area contributed by atoms with Gasteiger partial charge in [-0.05, 0) is 60.9 Å². The second-order valence-electron chi connectivity index (χ2n) is 5.88.